The summed E-state index contributed by atoms with van der Waals surface area (Å²) in [5.41, 5.74) is 0.0370. The quantitative estimate of drug-likeness (QED) is 0.489. The summed E-state index contributed by atoms with van der Waals surface area (Å²) in [5, 5.41) is 0. The Morgan fingerprint density at radius 2 is 2.62 bits per heavy atom. The van der Waals surface area contributed by atoms with Gasteiger partial charge in [0.05, 0.1) is 6.61 Å². The number of hydrogen-bond acceptors (Lipinski definition) is 2. The van der Waals surface area contributed by atoms with Crippen LogP contribution in [0.5, 0.6) is 0 Å². The summed E-state index contributed by atoms with van der Waals surface area (Å²) in [5.74, 6) is 0.735. The molecule has 0 amide bonds. The van der Waals surface area contributed by atoms with Crippen molar-refractivity contribution in [1.82, 2.24) is 0 Å². The molecule has 48 valence electrons. The second kappa shape index (κ2) is 2.71. The highest BCUT2D eigenvalue weighted by Gasteiger charge is 2.27. The highest BCUT2D eigenvalue weighted by Crippen LogP contribution is 2.14. The summed E-state index contributed by atoms with van der Waals surface area (Å²) in [7, 11) is 0. The van der Waals surface area contributed by atoms with Crippen molar-refractivity contribution >= 4 is 11.2 Å². The monoisotopic (exact) mass is 134 g/mol. The molecule has 0 bridgehead atoms. The van der Waals surface area contributed by atoms with Gasteiger partial charge in [0.15, 0.2) is 0 Å². The van der Waals surface area contributed by atoms with Crippen molar-refractivity contribution in [1.29, 1.82) is 0 Å². The van der Waals surface area contributed by atoms with E-state index in [1.165, 1.54) is 0 Å². The minimum Gasteiger partial charge on any atom is -0.614 e. The van der Waals surface area contributed by atoms with Crippen LogP contribution in [0.1, 0.15) is 13.3 Å². The van der Waals surface area contributed by atoms with Gasteiger partial charge in [0.2, 0.25) is 5.44 Å². The third-order valence-electron chi connectivity index (χ3n) is 1.21. The Hall–Kier alpha value is 0.270. The fourth-order valence-corrected chi connectivity index (χ4v) is 1.92. The van der Waals surface area contributed by atoms with Crippen molar-refractivity contribution in [2.45, 2.75) is 18.8 Å². The third kappa shape index (κ3) is 1.16. The number of hydrogen-bond donors (Lipinski definition) is 0. The molecule has 1 rings (SSSR count). The molecule has 8 heavy (non-hydrogen) atoms. The van der Waals surface area contributed by atoms with Crippen LogP contribution < -0.4 is 0 Å². The molecular formula is C5H10O2S. The summed E-state index contributed by atoms with van der Waals surface area (Å²) in [6.07, 6.45) is 0.882. The zero-order valence-corrected chi connectivity index (χ0v) is 5.74. The number of ether oxygens (including phenoxy) is 1. The molecule has 0 saturated carbocycles. The third-order valence-corrected chi connectivity index (χ3v) is 2.84. The van der Waals surface area contributed by atoms with E-state index >= 15 is 0 Å². The van der Waals surface area contributed by atoms with E-state index in [-0.39, 0.29) is 5.44 Å². The van der Waals surface area contributed by atoms with Crippen LogP contribution in [0.2, 0.25) is 0 Å². The molecule has 3 heteroatoms. The van der Waals surface area contributed by atoms with Gasteiger partial charge in [0, 0.05) is 6.42 Å². The molecule has 1 heterocycles. The molecule has 2 nitrogen and oxygen atoms in total. The molecule has 0 aromatic carbocycles. The number of rotatable bonds is 1. The van der Waals surface area contributed by atoms with E-state index in [2.05, 4.69) is 0 Å². The highest BCUT2D eigenvalue weighted by molar-refractivity contribution is 7.92. The van der Waals surface area contributed by atoms with Crippen LogP contribution in [0.15, 0.2) is 0 Å². The first kappa shape index (κ1) is 6.39. The molecule has 2 unspecified atom stereocenters. The second-order valence-electron chi connectivity index (χ2n) is 1.79. The van der Waals surface area contributed by atoms with Crippen LogP contribution in [0.3, 0.4) is 0 Å². The summed E-state index contributed by atoms with van der Waals surface area (Å²) < 4.78 is 15.9. The van der Waals surface area contributed by atoms with E-state index in [1.54, 1.807) is 0 Å². The normalized spacial score (nSPS) is 38.2. The van der Waals surface area contributed by atoms with Gasteiger partial charge in [0.25, 0.3) is 0 Å². The molecular weight excluding hydrogens is 124 g/mol. The van der Waals surface area contributed by atoms with Gasteiger partial charge in [-0.1, -0.05) is 6.92 Å². The smallest absolute Gasteiger partial charge is 0.215 e. The standard InChI is InChI=1S/C5H10O2S/c1-2-5-7-3-4-8(5)6/h5H,2-4H2,1H3. The van der Waals surface area contributed by atoms with Gasteiger partial charge in [-0.25, -0.2) is 0 Å². The van der Waals surface area contributed by atoms with Crippen LogP contribution in [0, 0.1) is 0 Å². The Kier molecular flexibility index (Phi) is 2.16. The Morgan fingerprint density at radius 1 is 1.88 bits per heavy atom. The van der Waals surface area contributed by atoms with Crippen molar-refractivity contribution in [2.75, 3.05) is 12.4 Å². The summed E-state index contributed by atoms with van der Waals surface area (Å²) in [6, 6.07) is 0. The minimum atomic E-state index is -0.683. The van der Waals surface area contributed by atoms with Crippen molar-refractivity contribution in [3.05, 3.63) is 0 Å². The first-order valence-corrected chi connectivity index (χ1v) is 4.21. The molecule has 1 fully saturated rings. The average Bonchev–Trinajstić information content (AvgIpc) is 2.14. The molecule has 2 atom stereocenters. The minimum absolute atomic E-state index is 0.0370. The van der Waals surface area contributed by atoms with Crippen LogP contribution in [0.25, 0.3) is 0 Å². The highest BCUT2D eigenvalue weighted by atomic mass is 32.2. The van der Waals surface area contributed by atoms with Crippen molar-refractivity contribution in [2.24, 2.45) is 0 Å². The fraction of sp³-hybridized carbons (Fsp3) is 1.00. The van der Waals surface area contributed by atoms with Gasteiger partial charge < -0.3 is 9.29 Å². The van der Waals surface area contributed by atoms with Crippen molar-refractivity contribution in [3.8, 4) is 0 Å². The van der Waals surface area contributed by atoms with Crippen LogP contribution in [-0.4, -0.2) is 22.3 Å². The molecule has 1 aliphatic heterocycles. The summed E-state index contributed by atoms with van der Waals surface area (Å²) >= 11 is -0.683. The van der Waals surface area contributed by atoms with Gasteiger partial charge in [-0.05, 0) is 11.2 Å². The Labute approximate surface area is 52.4 Å². The average molecular weight is 134 g/mol. The van der Waals surface area contributed by atoms with Crippen LogP contribution in [0.4, 0.5) is 0 Å². The lowest BCUT2D eigenvalue weighted by Gasteiger charge is -2.08. The Morgan fingerprint density at radius 3 is 2.88 bits per heavy atom. The lowest BCUT2D eigenvalue weighted by molar-refractivity contribution is 0.137. The molecule has 0 aliphatic carbocycles. The predicted octanol–water partition coefficient (Wildman–Crippen LogP) is 0.501. The summed E-state index contributed by atoms with van der Waals surface area (Å²) in [6.45, 7) is 2.68. The maximum absolute atomic E-state index is 10.8. The Balaban J connectivity index is 2.30. The van der Waals surface area contributed by atoms with E-state index in [9.17, 15) is 4.55 Å². The maximum atomic E-state index is 10.8. The maximum Gasteiger partial charge on any atom is 0.215 e. The van der Waals surface area contributed by atoms with Crippen molar-refractivity contribution < 1.29 is 9.29 Å². The fourth-order valence-electron chi connectivity index (χ4n) is 0.773. The first-order valence-electron chi connectivity index (χ1n) is 2.83. The molecule has 1 aliphatic rings. The van der Waals surface area contributed by atoms with Gasteiger partial charge in [-0.2, -0.15) is 0 Å². The largest absolute Gasteiger partial charge is 0.614 e. The van der Waals surface area contributed by atoms with Crippen molar-refractivity contribution in [3.63, 3.8) is 0 Å². The predicted molar refractivity (Wildman–Crippen MR) is 33.0 cm³/mol. The lowest BCUT2D eigenvalue weighted by Crippen LogP contribution is -2.15. The molecule has 1 saturated heterocycles. The topological polar surface area (TPSA) is 32.3 Å². The SMILES string of the molecule is CCC1OCC[S+]1[O-]. The van der Waals surface area contributed by atoms with E-state index in [1.807, 2.05) is 6.92 Å². The zero-order valence-electron chi connectivity index (χ0n) is 4.92. The molecule has 0 radical (unpaired) electrons. The Bertz CT molecular complexity index is 76.8. The lowest BCUT2D eigenvalue weighted by atomic mass is 10.5. The van der Waals surface area contributed by atoms with Gasteiger partial charge in [-0.15, -0.1) is 0 Å². The molecule has 0 spiro atoms. The first-order chi connectivity index (χ1) is 3.84. The molecule has 0 aromatic rings. The van der Waals surface area contributed by atoms with Gasteiger partial charge >= 0.3 is 0 Å². The van der Waals surface area contributed by atoms with E-state index in [0.717, 1.165) is 12.2 Å². The molecule has 0 N–H and O–H groups in total. The van der Waals surface area contributed by atoms with Gasteiger partial charge in [0.1, 0.15) is 5.75 Å². The van der Waals surface area contributed by atoms with E-state index in [4.69, 9.17) is 4.74 Å². The zero-order chi connectivity index (χ0) is 5.98. The molecule has 0 aromatic heterocycles. The van der Waals surface area contributed by atoms with E-state index in [0.29, 0.717) is 6.61 Å². The van der Waals surface area contributed by atoms with Crippen LogP contribution >= 0.6 is 0 Å². The second-order valence-corrected chi connectivity index (χ2v) is 3.49. The van der Waals surface area contributed by atoms with Crippen LogP contribution in [-0.2, 0) is 15.9 Å². The van der Waals surface area contributed by atoms with Gasteiger partial charge in [-0.3, -0.25) is 0 Å². The van der Waals surface area contributed by atoms with E-state index < -0.39 is 11.2 Å². The summed E-state index contributed by atoms with van der Waals surface area (Å²) in [4.78, 5) is 0.